The second-order valence-electron chi connectivity index (χ2n) is 4.78. The maximum atomic E-state index is 11.8. The van der Waals surface area contributed by atoms with Crippen LogP contribution in [0.2, 0.25) is 0 Å². The monoisotopic (exact) mass is 239 g/mol. The van der Waals surface area contributed by atoms with E-state index in [1.807, 2.05) is 6.92 Å². The fraction of sp³-hybridized carbons (Fsp3) is 0.750. The molecule has 0 saturated carbocycles. The van der Waals surface area contributed by atoms with Crippen LogP contribution in [0.3, 0.4) is 0 Å². The van der Waals surface area contributed by atoms with Gasteiger partial charge in [-0.1, -0.05) is 6.92 Å². The van der Waals surface area contributed by atoms with Crippen LogP contribution in [0, 0.1) is 12.0 Å². The van der Waals surface area contributed by atoms with Crippen molar-refractivity contribution < 1.29 is 19.1 Å². The average Bonchev–Trinajstić information content (AvgIpc) is 2.31. The van der Waals surface area contributed by atoms with Gasteiger partial charge in [0.2, 0.25) is 0 Å². The number of cyclic esters (lactones) is 1. The third-order valence-corrected chi connectivity index (χ3v) is 3.04. The lowest BCUT2D eigenvalue weighted by Crippen LogP contribution is -2.40. The van der Waals surface area contributed by atoms with Crippen molar-refractivity contribution in [3.05, 3.63) is 11.4 Å². The molecule has 5 heteroatoms. The number of ether oxygens (including phenoxy) is 2. The maximum absolute atomic E-state index is 11.8. The fourth-order valence-electron chi connectivity index (χ4n) is 1.33. The van der Waals surface area contributed by atoms with E-state index in [9.17, 15) is 9.59 Å². The second-order valence-corrected chi connectivity index (χ2v) is 4.78. The summed E-state index contributed by atoms with van der Waals surface area (Å²) in [6, 6.07) is -0.841. The number of hydrogen-bond donors (Lipinski definition) is 0. The number of rotatable bonds is 3. The molecule has 94 valence electrons. The number of esters is 2. The van der Waals surface area contributed by atoms with Crippen molar-refractivity contribution in [2.24, 2.45) is 5.41 Å². The highest BCUT2D eigenvalue weighted by molar-refractivity contribution is 5.79. The van der Waals surface area contributed by atoms with E-state index in [0.717, 1.165) is 0 Å². The second kappa shape index (κ2) is 5.17. The number of carbonyl (C=O) groups is 2. The van der Waals surface area contributed by atoms with Gasteiger partial charge in [0.1, 0.15) is 12.7 Å². The largest absolute Gasteiger partial charge is 0.458 e. The van der Waals surface area contributed by atoms with Gasteiger partial charge in [-0.05, 0) is 20.3 Å². The minimum Gasteiger partial charge on any atom is -0.458 e. The van der Waals surface area contributed by atoms with Gasteiger partial charge in [-0.15, -0.1) is 0 Å². The van der Waals surface area contributed by atoms with Crippen LogP contribution in [0.4, 0.5) is 0 Å². The molecular weight excluding hydrogens is 222 g/mol. The molecule has 0 spiro atoms. The SMILES string of the molecule is [C-]#[N+]C1CC(OC(=O)C(C)(C)CC)COC1=O. The summed E-state index contributed by atoms with van der Waals surface area (Å²) >= 11 is 0. The maximum Gasteiger partial charge on any atom is 0.390 e. The molecular formula is C12H17NO4. The molecule has 17 heavy (non-hydrogen) atoms. The Hall–Kier alpha value is -1.57. The third-order valence-electron chi connectivity index (χ3n) is 3.04. The van der Waals surface area contributed by atoms with Gasteiger partial charge in [0.05, 0.1) is 11.8 Å². The van der Waals surface area contributed by atoms with Gasteiger partial charge in [-0.2, -0.15) is 0 Å². The standard InChI is InChI=1S/C12H17NO4/c1-5-12(2,3)11(15)17-8-6-9(13-4)10(14)16-7-8/h8-9H,5-7H2,1-3H3. The zero-order valence-electron chi connectivity index (χ0n) is 10.4. The molecule has 0 aromatic heterocycles. The number of carbonyl (C=O) groups excluding carboxylic acids is 2. The molecule has 0 aliphatic carbocycles. The Morgan fingerprint density at radius 3 is 2.82 bits per heavy atom. The van der Waals surface area contributed by atoms with Crippen LogP contribution >= 0.6 is 0 Å². The smallest absolute Gasteiger partial charge is 0.390 e. The number of hydrogen-bond acceptors (Lipinski definition) is 4. The molecule has 0 aromatic rings. The highest BCUT2D eigenvalue weighted by Crippen LogP contribution is 2.24. The third kappa shape index (κ3) is 3.19. The molecule has 1 aliphatic rings. The summed E-state index contributed by atoms with van der Waals surface area (Å²) < 4.78 is 10.1. The molecule has 1 heterocycles. The van der Waals surface area contributed by atoms with Gasteiger partial charge in [-0.3, -0.25) is 4.79 Å². The van der Waals surface area contributed by atoms with E-state index in [-0.39, 0.29) is 19.0 Å². The summed E-state index contributed by atoms with van der Waals surface area (Å²) in [6.45, 7) is 12.4. The van der Waals surface area contributed by atoms with Crippen molar-refractivity contribution in [2.75, 3.05) is 6.61 Å². The Morgan fingerprint density at radius 1 is 1.65 bits per heavy atom. The lowest BCUT2D eigenvalue weighted by atomic mass is 9.90. The van der Waals surface area contributed by atoms with Crippen LogP contribution in [0.25, 0.3) is 4.85 Å². The van der Waals surface area contributed by atoms with Gasteiger partial charge in [0.25, 0.3) is 0 Å². The molecule has 2 atom stereocenters. The molecule has 0 aromatic carbocycles. The van der Waals surface area contributed by atoms with E-state index in [1.54, 1.807) is 13.8 Å². The van der Waals surface area contributed by atoms with Crippen molar-refractivity contribution in [3.8, 4) is 0 Å². The first kappa shape index (κ1) is 13.5. The van der Waals surface area contributed by atoms with E-state index in [2.05, 4.69) is 4.85 Å². The molecule has 1 fully saturated rings. The lowest BCUT2D eigenvalue weighted by molar-refractivity contribution is -0.173. The minimum atomic E-state index is -0.841. The van der Waals surface area contributed by atoms with E-state index in [0.29, 0.717) is 6.42 Å². The average molecular weight is 239 g/mol. The molecule has 0 radical (unpaired) electrons. The molecule has 0 amide bonds. The molecule has 5 nitrogen and oxygen atoms in total. The van der Waals surface area contributed by atoms with Crippen LogP contribution in [-0.4, -0.2) is 30.7 Å². The number of nitrogens with zero attached hydrogens (tertiary/aromatic N) is 1. The Morgan fingerprint density at radius 2 is 2.29 bits per heavy atom. The van der Waals surface area contributed by atoms with E-state index in [1.165, 1.54) is 0 Å². The lowest BCUT2D eigenvalue weighted by Gasteiger charge is -2.27. The minimum absolute atomic E-state index is 0.0520. The van der Waals surface area contributed by atoms with Gasteiger partial charge < -0.3 is 14.3 Å². The highest BCUT2D eigenvalue weighted by Gasteiger charge is 2.39. The van der Waals surface area contributed by atoms with Crippen LogP contribution in [0.1, 0.15) is 33.6 Å². The summed E-state index contributed by atoms with van der Waals surface area (Å²) in [5.41, 5.74) is -0.547. The highest BCUT2D eigenvalue weighted by atomic mass is 16.6. The topological polar surface area (TPSA) is 57.0 Å². The summed E-state index contributed by atoms with van der Waals surface area (Å²) in [7, 11) is 0. The molecule has 1 aliphatic heterocycles. The van der Waals surface area contributed by atoms with E-state index >= 15 is 0 Å². The van der Waals surface area contributed by atoms with Crippen molar-refractivity contribution in [1.29, 1.82) is 0 Å². The molecule has 1 rings (SSSR count). The van der Waals surface area contributed by atoms with E-state index in [4.69, 9.17) is 16.0 Å². The van der Waals surface area contributed by atoms with Gasteiger partial charge in [0, 0.05) is 0 Å². The molecule has 0 bridgehead atoms. The predicted molar refractivity (Wildman–Crippen MR) is 59.9 cm³/mol. The zero-order chi connectivity index (χ0) is 13.1. The van der Waals surface area contributed by atoms with Gasteiger partial charge in [-0.25, -0.2) is 11.4 Å². The zero-order valence-corrected chi connectivity index (χ0v) is 10.4. The first-order chi connectivity index (χ1) is 7.90. The summed E-state index contributed by atoms with van der Waals surface area (Å²) in [5, 5.41) is 0. The van der Waals surface area contributed by atoms with Crippen molar-refractivity contribution in [1.82, 2.24) is 0 Å². The van der Waals surface area contributed by atoms with Crippen molar-refractivity contribution in [3.63, 3.8) is 0 Å². The van der Waals surface area contributed by atoms with Crippen LogP contribution in [0.15, 0.2) is 0 Å². The van der Waals surface area contributed by atoms with Gasteiger partial charge in [0.15, 0.2) is 0 Å². The molecule has 1 saturated heterocycles. The Labute approximate surface area is 101 Å². The Bertz CT molecular complexity index is 356. The molecule has 0 N–H and O–H groups in total. The van der Waals surface area contributed by atoms with Crippen LogP contribution < -0.4 is 0 Å². The normalized spacial score (nSPS) is 24.7. The summed E-state index contributed by atoms with van der Waals surface area (Å²) in [5.74, 6) is -0.839. The predicted octanol–water partition coefficient (Wildman–Crippen LogP) is 1.57. The van der Waals surface area contributed by atoms with Crippen LogP contribution in [0.5, 0.6) is 0 Å². The summed E-state index contributed by atoms with van der Waals surface area (Å²) in [4.78, 5) is 26.1. The van der Waals surface area contributed by atoms with Crippen molar-refractivity contribution in [2.45, 2.75) is 45.8 Å². The first-order valence-electron chi connectivity index (χ1n) is 5.65. The van der Waals surface area contributed by atoms with Gasteiger partial charge >= 0.3 is 18.0 Å². The van der Waals surface area contributed by atoms with Crippen molar-refractivity contribution >= 4 is 11.9 Å². The molecule has 2 unspecified atom stereocenters. The quantitative estimate of drug-likeness (QED) is 0.554. The van der Waals surface area contributed by atoms with Crippen LogP contribution in [-0.2, 0) is 19.1 Å². The fourth-order valence-corrected chi connectivity index (χ4v) is 1.33. The van der Waals surface area contributed by atoms with E-state index < -0.39 is 23.5 Å². The first-order valence-corrected chi connectivity index (χ1v) is 5.65. The Balaban J connectivity index is 2.57. The Kier molecular flexibility index (Phi) is 4.11. The summed E-state index contributed by atoms with van der Waals surface area (Å²) in [6.07, 6.45) is 0.406.